The van der Waals surface area contributed by atoms with Crippen LogP contribution in [0.3, 0.4) is 0 Å². The molecule has 2 N–H and O–H groups in total. The number of hydrogen-bond donors (Lipinski definition) is 2. The van der Waals surface area contributed by atoms with E-state index in [-0.39, 0.29) is 24.0 Å². The van der Waals surface area contributed by atoms with Gasteiger partial charge in [0.2, 0.25) is 0 Å². The molecule has 8 heteroatoms. The summed E-state index contributed by atoms with van der Waals surface area (Å²) in [7, 11) is 1.71. The van der Waals surface area contributed by atoms with Crippen LogP contribution in [0.5, 0.6) is 0 Å². The lowest BCUT2D eigenvalue weighted by molar-refractivity contribution is 0.0174. The zero-order valence-electron chi connectivity index (χ0n) is 14.9. The van der Waals surface area contributed by atoms with Crippen molar-refractivity contribution in [1.82, 2.24) is 20.4 Å². The van der Waals surface area contributed by atoms with Gasteiger partial charge in [-0.3, -0.25) is 14.8 Å². The minimum atomic E-state index is 0. The van der Waals surface area contributed by atoms with Crippen LogP contribution in [0.4, 0.5) is 0 Å². The SMILES string of the molecule is COCCNC(=NCC1CN2CCN1CC2)NCCc1ccco1.I. The van der Waals surface area contributed by atoms with E-state index in [0.717, 1.165) is 44.3 Å². The van der Waals surface area contributed by atoms with E-state index >= 15 is 0 Å². The van der Waals surface area contributed by atoms with Crippen molar-refractivity contribution in [3.63, 3.8) is 0 Å². The van der Waals surface area contributed by atoms with Crippen LogP contribution in [0.1, 0.15) is 5.76 Å². The number of methoxy groups -OCH3 is 1. The molecule has 0 aliphatic carbocycles. The van der Waals surface area contributed by atoms with Gasteiger partial charge in [0.15, 0.2) is 5.96 Å². The molecule has 1 atom stereocenters. The van der Waals surface area contributed by atoms with Crippen molar-refractivity contribution < 1.29 is 9.15 Å². The van der Waals surface area contributed by atoms with E-state index in [1.807, 2.05) is 12.1 Å². The number of fused-ring (bicyclic) bond motifs is 3. The first-order chi connectivity index (χ1) is 11.8. The van der Waals surface area contributed by atoms with E-state index in [9.17, 15) is 0 Å². The molecule has 25 heavy (non-hydrogen) atoms. The van der Waals surface area contributed by atoms with Gasteiger partial charge in [-0.05, 0) is 12.1 Å². The predicted octanol–water partition coefficient (Wildman–Crippen LogP) is 0.622. The first-order valence-corrected chi connectivity index (χ1v) is 8.85. The average molecular weight is 463 g/mol. The third-order valence-corrected chi connectivity index (χ3v) is 4.69. The molecule has 1 unspecified atom stereocenters. The highest BCUT2D eigenvalue weighted by Crippen LogP contribution is 2.15. The largest absolute Gasteiger partial charge is 0.469 e. The lowest BCUT2D eigenvalue weighted by Crippen LogP contribution is -2.62. The fourth-order valence-electron chi connectivity index (χ4n) is 3.30. The van der Waals surface area contributed by atoms with Crippen LogP contribution in [0, 0.1) is 0 Å². The van der Waals surface area contributed by atoms with E-state index in [2.05, 4.69) is 20.4 Å². The highest BCUT2D eigenvalue weighted by molar-refractivity contribution is 14.0. The molecular formula is C17H30IN5O2. The molecule has 0 aromatic carbocycles. The first kappa shape index (κ1) is 20.5. The molecule has 4 heterocycles. The van der Waals surface area contributed by atoms with Crippen LogP contribution in [0.2, 0.25) is 0 Å². The quantitative estimate of drug-likeness (QED) is 0.255. The summed E-state index contributed by atoms with van der Waals surface area (Å²) in [5.41, 5.74) is 0. The third kappa shape index (κ3) is 6.43. The second-order valence-corrected chi connectivity index (χ2v) is 6.36. The van der Waals surface area contributed by atoms with Gasteiger partial charge in [-0.1, -0.05) is 0 Å². The fraction of sp³-hybridized carbons (Fsp3) is 0.706. The van der Waals surface area contributed by atoms with Crippen molar-refractivity contribution >= 4 is 29.9 Å². The average Bonchev–Trinajstić information content (AvgIpc) is 3.14. The highest BCUT2D eigenvalue weighted by Gasteiger charge is 2.31. The van der Waals surface area contributed by atoms with Crippen molar-refractivity contribution in [3.8, 4) is 0 Å². The van der Waals surface area contributed by atoms with Crippen molar-refractivity contribution in [1.29, 1.82) is 0 Å². The molecule has 3 aliphatic heterocycles. The van der Waals surface area contributed by atoms with Gasteiger partial charge in [0.1, 0.15) is 5.76 Å². The molecule has 3 saturated heterocycles. The van der Waals surface area contributed by atoms with E-state index in [0.29, 0.717) is 12.6 Å². The zero-order valence-corrected chi connectivity index (χ0v) is 17.3. The Balaban J connectivity index is 0.00000225. The van der Waals surface area contributed by atoms with Crippen LogP contribution in [0.25, 0.3) is 0 Å². The van der Waals surface area contributed by atoms with E-state index in [1.54, 1.807) is 13.4 Å². The van der Waals surface area contributed by atoms with Crippen molar-refractivity contribution in [2.24, 2.45) is 4.99 Å². The number of nitrogens with one attached hydrogen (secondary N) is 2. The fourth-order valence-corrected chi connectivity index (χ4v) is 3.30. The molecule has 3 aliphatic rings. The normalized spacial score (nSPS) is 25.5. The van der Waals surface area contributed by atoms with Gasteiger partial charge in [-0.25, -0.2) is 0 Å². The van der Waals surface area contributed by atoms with Crippen molar-refractivity contribution in [2.75, 3.05) is 66.1 Å². The van der Waals surface area contributed by atoms with Gasteiger partial charge >= 0.3 is 0 Å². The number of aliphatic imine (C=N–C) groups is 1. The molecule has 142 valence electrons. The summed E-state index contributed by atoms with van der Waals surface area (Å²) >= 11 is 0. The summed E-state index contributed by atoms with van der Waals surface area (Å²) in [5, 5.41) is 6.73. The Kier molecular flexibility index (Phi) is 9.00. The molecule has 4 rings (SSSR count). The minimum Gasteiger partial charge on any atom is -0.469 e. The molecular weight excluding hydrogens is 433 g/mol. The number of furan rings is 1. The van der Waals surface area contributed by atoms with Crippen molar-refractivity contribution in [2.45, 2.75) is 12.5 Å². The summed E-state index contributed by atoms with van der Waals surface area (Å²) in [6.45, 7) is 8.97. The minimum absolute atomic E-state index is 0. The molecule has 7 nitrogen and oxygen atoms in total. The molecule has 0 amide bonds. The number of rotatable bonds is 8. The van der Waals surface area contributed by atoms with Gasteiger partial charge in [-0.15, -0.1) is 24.0 Å². The maximum absolute atomic E-state index is 5.37. The number of halogens is 1. The Morgan fingerprint density at radius 2 is 2.08 bits per heavy atom. The smallest absolute Gasteiger partial charge is 0.191 e. The Bertz CT molecular complexity index is 503. The summed E-state index contributed by atoms with van der Waals surface area (Å²) in [6, 6.07) is 4.46. The maximum atomic E-state index is 5.37. The Labute approximate surface area is 167 Å². The second-order valence-electron chi connectivity index (χ2n) is 6.36. The van der Waals surface area contributed by atoms with Gasteiger partial charge in [0, 0.05) is 65.4 Å². The summed E-state index contributed by atoms with van der Waals surface area (Å²) < 4.78 is 10.5. The van der Waals surface area contributed by atoms with Gasteiger partial charge in [-0.2, -0.15) is 0 Å². The van der Waals surface area contributed by atoms with Gasteiger partial charge in [0.05, 0.1) is 19.4 Å². The molecule has 1 aromatic heterocycles. The monoisotopic (exact) mass is 463 g/mol. The Hall–Kier alpha value is -0.840. The molecule has 0 radical (unpaired) electrons. The number of ether oxygens (including phenoxy) is 1. The standard InChI is InChI=1S/C17H29N5O2.HI/c1-23-12-6-19-17(18-5-4-16-3-2-11-24-16)20-13-15-14-21-7-9-22(15)10-8-21;/h2-3,11,15H,4-10,12-14H2,1H3,(H2,18,19,20);1H. The lowest BCUT2D eigenvalue weighted by atomic mass is 10.1. The van der Waals surface area contributed by atoms with Crippen LogP contribution in [-0.2, 0) is 11.2 Å². The summed E-state index contributed by atoms with van der Waals surface area (Å²) in [4.78, 5) is 9.91. The number of nitrogens with zero attached hydrogens (tertiary/aromatic N) is 3. The summed E-state index contributed by atoms with van der Waals surface area (Å²) in [5.74, 6) is 1.85. The third-order valence-electron chi connectivity index (χ3n) is 4.69. The van der Waals surface area contributed by atoms with E-state index in [1.165, 1.54) is 26.2 Å². The molecule has 0 spiro atoms. The topological polar surface area (TPSA) is 65.3 Å². The van der Waals surface area contributed by atoms with Crippen molar-refractivity contribution in [3.05, 3.63) is 24.2 Å². The molecule has 0 saturated carbocycles. The van der Waals surface area contributed by atoms with Crippen LogP contribution >= 0.6 is 24.0 Å². The number of piperazine rings is 3. The highest BCUT2D eigenvalue weighted by atomic mass is 127. The lowest BCUT2D eigenvalue weighted by Gasteiger charge is -2.47. The predicted molar refractivity (Wildman–Crippen MR) is 110 cm³/mol. The Morgan fingerprint density at radius 3 is 2.72 bits per heavy atom. The summed E-state index contributed by atoms with van der Waals surface area (Å²) in [6.07, 6.45) is 2.56. The van der Waals surface area contributed by atoms with Crippen LogP contribution in [0.15, 0.2) is 27.8 Å². The number of guanidine groups is 1. The van der Waals surface area contributed by atoms with Gasteiger partial charge < -0.3 is 19.8 Å². The molecule has 2 bridgehead atoms. The van der Waals surface area contributed by atoms with Crippen LogP contribution in [-0.4, -0.2) is 87.9 Å². The van der Waals surface area contributed by atoms with Gasteiger partial charge in [0.25, 0.3) is 0 Å². The maximum Gasteiger partial charge on any atom is 0.191 e. The second kappa shape index (κ2) is 11.0. The molecule has 1 aromatic rings. The number of hydrogen-bond acceptors (Lipinski definition) is 5. The first-order valence-electron chi connectivity index (χ1n) is 8.85. The molecule has 3 fully saturated rings. The zero-order chi connectivity index (χ0) is 16.6. The Morgan fingerprint density at radius 1 is 1.28 bits per heavy atom. The van der Waals surface area contributed by atoms with E-state index in [4.69, 9.17) is 14.1 Å². The van der Waals surface area contributed by atoms with Crippen LogP contribution < -0.4 is 10.6 Å². The van der Waals surface area contributed by atoms with E-state index < -0.39 is 0 Å².